The minimum Gasteiger partial charge on any atom is -0.329 e. The number of sulfonamides is 1. The number of hydrogen-bond donors (Lipinski definition) is 1. The van der Waals surface area contributed by atoms with Gasteiger partial charge in [-0.15, -0.1) is 0 Å². The van der Waals surface area contributed by atoms with Crippen LogP contribution in [0.15, 0.2) is 29.2 Å². The van der Waals surface area contributed by atoms with E-state index in [1.807, 2.05) is 19.1 Å². The summed E-state index contributed by atoms with van der Waals surface area (Å²) in [5.74, 6) is 0. The van der Waals surface area contributed by atoms with Crippen LogP contribution in [0.3, 0.4) is 0 Å². The van der Waals surface area contributed by atoms with Crippen LogP contribution in [0.5, 0.6) is 0 Å². The summed E-state index contributed by atoms with van der Waals surface area (Å²) in [5.41, 5.74) is 6.29. The van der Waals surface area contributed by atoms with E-state index in [2.05, 4.69) is 0 Å². The Bertz CT molecular complexity index is 495. The van der Waals surface area contributed by atoms with Crippen LogP contribution in [-0.2, 0) is 10.0 Å². The molecular formula is C12H18N2O2S. The molecule has 94 valence electrons. The minimum atomic E-state index is -3.38. The van der Waals surface area contributed by atoms with Crippen molar-refractivity contribution in [3.63, 3.8) is 0 Å². The second kappa shape index (κ2) is 4.76. The third kappa shape index (κ3) is 2.51. The Labute approximate surface area is 102 Å². The summed E-state index contributed by atoms with van der Waals surface area (Å²) >= 11 is 0. The second-order valence-electron chi connectivity index (χ2n) is 4.40. The van der Waals surface area contributed by atoms with Crippen LogP contribution >= 0.6 is 0 Å². The second-order valence-corrected chi connectivity index (χ2v) is 6.26. The lowest BCUT2D eigenvalue weighted by Crippen LogP contribution is -2.37. The topological polar surface area (TPSA) is 63.4 Å². The van der Waals surface area contributed by atoms with Gasteiger partial charge in [0.05, 0.1) is 4.90 Å². The molecule has 2 rings (SSSR count). The zero-order valence-corrected chi connectivity index (χ0v) is 10.8. The maximum Gasteiger partial charge on any atom is 0.243 e. The summed E-state index contributed by atoms with van der Waals surface area (Å²) in [7, 11) is -3.38. The van der Waals surface area contributed by atoms with Gasteiger partial charge in [0.2, 0.25) is 10.0 Å². The molecule has 1 aliphatic carbocycles. The molecule has 0 aliphatic heterocycles. The number of aryl methyl sites for hydroxylation is 1. The maximum atomic E-state index is 12.5. The summed E-state index contributed by atoms with van der Waals surface area (Å²) in [6, 6.07) is 7.24. The molecule has 0 atom stereocenters. The molecule has 1 saturated carbocycles. The molecule has 5 heteroatoms. The van der Waals surface area contributed by atoms with Gasteiger partial charge in [-0.2, -0.15) is 4.31 Å². The fourth-order valence-corrected chi connectivity index (χ4v) is 3.89. The van der Waals surface area contributed by atoms with E-state index in [-0.39, 0.29) is 6.04 Å². The van der Waals surface area contributed by atoms with Crippen molar-refractivity contribution in [3.8, 4) is 0 Å². The number of hydrogen-bond acceptors (Lipinski definition) is 3. The molecule has 1 aliphatic rings. The molecule has 0 radical (unpaired) electrons. The fourth-order valence-electron chi connectivity index (χ4n) is 1.96. The predicted molar refractivity (Wildman–Crippen MR) is 67.1 cm³/mol. The Morgan fingerprint density at radius 2 is 2.00 bits per heavy atom. The summed E-state index contributed by atoms with van der Waals surface area (Å²) in [5, 5.41) is 0. The molecule has 0 bridgehead atoms. The molecule has 0 spiro atoms. The van der Waals surface area contributed by atoms with Crippen molar-refractivity contribution in [2.24, 2.45) is 5.73 Å². The fraction of sp³-hybridized carbons (Fsp3) is 0.500. The van der Waals surface area contributed by atoms with E-state index in [0.717, 1.165) is 18.4 Å². The Balaban J connectivity index is 2.37. The minimum absolute atomic E-state index is 0.156. The van der Waals surface area contributed by atoms with Gasteiger partial charge in [0.15, 0.2) is 0 Å². The monoisotopic (exact) mass is 254 g/mol. The van der Waals surface area contributed by atoms with Crippen LogP contribution < -0.4 is 5.73 Å². The van der Waals surface area contributed by atoms with Gasteiger partial charge in [-0.1, -0.05) is 18.2 Å². The van der Waals surface area contributed by atoms with Gasteiger partial charge in [0, 0.05) is 19.1 Å². The molecule has 2 N–H and O–H groups in total. The molecule has 0 heterocycles. The van der Waals surface area contributed by atoms with Crippen molar-refractivity contribution >= 4 is 10.0 Å². The molecule has 0 amide bonds. The average molecular weight is 254 g/mol. The molecule has 1 aromatic carbocycles. The van der Waals surface area contributed by atoms with Gasteiger partial charge in [-0.25, -0.2) is 8.42 Å². The van der Waals surface area contributed by atoms with Gasteiger partial charge < -0.3 is 5.73 Å². The van der Waals surface area contributed by atoms with Crippen molar-refractivity contribution in [1.29, 1.82) is 0 Å². The Morgan fingerprint density at radius 3 is 2.53 bits per heavy atom. The van der Waals surface area contributed by atoms with E-state index in [4.69, 9.17) is 5.73 Å². The van der Waals surface area contributed by atoms with Crippen LogP contribution in [0.4, 0.5) is 0 Å². The van der Waals surface area contributed by atoms with E-state index in [1.165, 1.54) is 0 Å². The molecule has 0 unspecified atom stereocenters. The van der Waals surface area contributed by atoms with Gasteiger partial charge in [-0.05, 0) is 31.4 Å². The summed E-state index contributed by atoms with van der Waals surface area (Å²) < 4.78 is 26.5. The number of benzene rings is 1. The highest BCUT2D eigenvalue weighted by Gasteiger charge is 2.37. The highest BCUT2D eigenvalue weighted by Crippen LogP contribution is 2.32. The molecule has 0 aromatic heterocycles. The maximum absolute atomic E-state index is 12.5. The zero-order chi connectivity index (χ0) is 12.5. The molecule has 0 saturated heterocycles. The van der Waals surface area contributed by atoms with E-state index in [0.29, 0.717) is 18.0 Å². The Kier molecular flexibility index (Phi) is 3.51. The first-order chi connectivity index (χ1) is 8.07. The predicted octanol–water partition coefficient (Wildman–Crippen LogP) is 1.11. The first-order valence-corrected chi connectivity index (χ1v) is 7.29. The van der Waals surface area contributed by atoms with Crippen LogP contribution in [0.1, 0.15) is 18.4 Å². The molecule has 4 nitrogen and oxygen atoms in total. The third-order valence-corrected chi connectivity index (χ3v) is 5.10. The molecular weight excluding hydrogens is 236 g/mol. The van der Waals surface area contributed by atoms with Crippen molar-refractivity contribution in [2.45, 2.75) is 30.7 Å². The molecule has 1 fully saturated rings. The first-order valence-electron chi connectivity index (χ1n) is 5.85. The quantitative estimate of drug-likeness (QED) is 0.856. The number of nitrogens with zero attached hydrogens (tertiary/aromatic N) is 1. The van der Waals surface area contributed by atoms with Crippen molar-refractivity contribution < 1.29 is 8.42 Å². The van der Waals surface area contributed by atoms with Crippen molar-refractivity contribution in [1.82, 2.24) is 4.31 Å². The number of nitrogens with two attached hydrogens (primary N) is 1. The summed E-state index contributed by atoms with van der Waals surface area (Å²) in [6.07, 6.45) is 1.90. The normalized spacial score (nSPS) is 16.4. The number of rotatable bonds is 5. The lowest BCUT2D eigenvalue weighted by Gasteiger charge is -2.22. The van der Waals surface area contributed by atoms with E-state index in [1.54, 1.807) is 16.4 Å². The summed E-state index contributed by atoms with van der Waals surface area (Å²) in [6.45, 7) is 2.59. The standard InChI is InChI=1S/C12H18N2O2S/c1-10-4-2-3-5-12(10)17(15,16)14(9-8-13)11-6-7-11/h2-5,11H,6-9,13H2,1H3. The molecule has 1 aromatic rings. The van der Waals surface area contributed by atoms with E-state index < -0.39 is 10.0 Å². The smallest absolute Gasteiger partial charge is 0.243 e. The van der Waals surface area contributed by atoms with Gasteiger partial charge in [0.25, 0.3) is 0 Å². The van der Waals surface area contributed by atoms with E-state index >= 15 is 0 Å². The SMILES string of the molecule is Cc1ccccc1S(=O)(=O)N(CCN)C1CC1. The van der Waals surface area contributed by atoms with Crippen LogP contribution in [0.25, 0.3) is 0 Å². The Hall–Kier alpha value is -0.910. The van der Waals surface area contributed by atoms with Crippen LogP contribution in [0.2, 0.25) is 0 Å². The molecule has 17 heavy (non-hydrogen) atoms. The first kappa shape index (κ1) is 12.5. The van der Waals surface area contributed by atoms with Crippen LogP contribution in [-0.4, -0.2) is 31.9 Å². The lowest BCUT2D eigenvalue weighted by molar-refractivity contribution is 0.411. The van der Waals surface area contributed by atoms with Gasteiger partial charge in [0.1, 0.15) is 0 Å². The van der Waals surface area contributed by atoms with Gasteiger partial charge in [-0.3, -0.25) is 0 Å². The van der Waals surface area contributed by atoms with Crippen molar-refractivity contribution in [3.05, 3.63) is 29.8 Å². The highest BCUT2D eigenvalue weighted by molar-refractivity contribution is 7.89. The largest absolute Gasteiger partial charge is 0.329 e. The van der Waals surface area contributed by atoms with Crippen molar-refractivity contribution in [2.75, 3.05) is 13.1 Å². The van der Waals surface area contributed by atoms with E-state index in [9.17, 15) is 8.42 Å². The van der Waals surface area contributed by atoms with Gasteiger partial charge >= 0.3 is 0 Å². The van der Waals surface area contributed by atoms with Crippen LogP contribution in [0, 0.1) is 6.92 Å². The lowest BCUT2D eigenvalue weighted by atomic mass is 10.2. The zero-order valence-electron chi connectivity index (χ0n) is 9.96. The third-order valence-electron chi connectivity index (χ3n) is 2.98. The average Bonchev–Trinajstić information content (AvgIpc) is 3.10. The Morgan fingerprint density at radius 1 is 1.35 bits per heavy atom. The summed E-state index contributed by atoms with van der Waals surface area (Å²) in [4.78, 5) is 0.403. The highest BCUT2D eigenvalue weighted by atomic mass is 32.2.